The quantitative estimate of drug-likeness (QED) is 0.825. The van der Waals surface area contributed by atoms with Crippen LogP contribution in [-0.4, -0.2) is 45.5 Å². The Bertz CT molecular complexity index is 451. The highest BCUT2D eigenvalue weighted by Gasteiger charge is 2.24. The van der Waals surface area contributed by atoms with Gasteiger partial charge in [0, 0.05) is 19.1 Å². The highest BCUT2D eigenvalue weighted by Crippen LogP contribution is 2.18. The maximum absolute atomic E-state index is 12.0. The minimum Gasteiger partial charge on any atom is -0.329 e. The van der Waals surface area contributed by atoms with Gasteiger partial charge in [0.1, 0.15) is 4.21 Å². The highest BCUT2D eigenvalue weighted by molar-refractivity contribution is 7.91. The Hall–Kier alpha value is -0.470. The molecule has 0 radical (unpaired) electrons. The van der Waals surface area contributed by atoms with Crippen LogP contribution in [0.1, 0.15) is 12.8 Å². The number of likely N-dealkylation sites (tertiary alicyclic amines) is 1. The van der Waals surface area contributed by atoms with Gasteiger partial charge < -0.3 is 10.6 Å². The van der Waals surface area contributed by atoms with Crippen molar-refractivity contribution in [2.45, 2.75) is 23.1 Å². The van der Waals surface area contributed by atoms with Gasteiger partial charge in [-0.1, -0.05) is 6.07 Å². The molecule has 1 fully saturated rings. The van der Waals surface area contributed by atoms with Crippen LogP contribution in [0.25, 0.3) is 0 Å². The van der Waals surface area contributed by atoms with Crippen LogP contribution in [0, 0.1) is 0 Å². The van der Waals surface area contributed by atoms with Gasteiger partial charge >= 0.3 is 0 Å². The number of thiophene rings is 1. The standard InChI is InChI=1S/C11H19N3O2S2/c12-5-8-14-6-3-10(4-7-14)13-18(15,16)11-2-1-9-17-11/h1-2,9-10,13H,3-8,12H2. The minimum absolute atomic E-state index is 0.0473. The fraction of sp³-hybridized carbons (Fsp3) is 0.636. The van der Waals surface area contributed by atoms with Crippen molar-refractivity contribution in [1.82, 2.24) is 9.62 Å². The second kappa shape index (κ2) is 6.12. The van der Waals surface area contributed by atoms with Crippen molar-refractivity contribution < 1.29 is 8.42 Å². The maximum Gasteiger partial charge on any atom is 0.250 e. The summed E-state index contributed by atoms with van der Waals surface area (Å²) in [5.74, 6) is 0. The van der Waals surface area contributed by atoms with E-state index in [0.717, 1.165) is 32.5 Å². The van der Waals surface area contributed by atoms with E-state index in [9.17, 15) is 8.42 Å². The van der Waals surface area contributed by atoms with Gasteiger partial charge in [0.15, 0.2) is 0 Å². The Kier molecular flexibility index (Phi) is 4.74. The van der Waals surface area contributed by atoms with Crippen LogP contribution >= 0.6 is 11.3 Å². The third kappa shape index (κ3) is 3.52. The summed E-state index contributed by atoms with van der Waals surface area (Å²) in [6, 6.07) is 3.44. The molecule has 2 rings (SSSR count). The molecule has 0 bridgehead atoms. The van der Waals surface area contributed by atoms with Crippen LogP contribution in [0.3, 0.4) is 0 Å². The van der Waals surface area contributed by atoms with E-state index in [-0.39, 0.29) is 6.04 Å². The third-order valence-electron chi connectivity index (χ3n) is 3.11. The number of sulfonamides is 1. The van der Waals surface area contributed by atoms with Gasteiger partial charge in [-0.3, -0.25) is 0 Å². The smallest absolute Gasteiger partial charge is 0.250 e. The van der Waals surface area contributed by atoms with Crippen molar-refractivity contribution in [1.29, 1.82) is 0 Å². The summed E-state index contributed by atoms with van der Waals surface area (Å²) < 4.78 is 27.2. The average molecular weight is 289 g/mol. The molecule has 18 heavy (non-hydrogen) atoms. The molecule has 0 saturated carbocycles. The van der Waals surface area contributed by atoms with Crippen molar-refractivity contribution in [3.05, 3.63) is 17.5 Å². The van der Waals surface area contributed by atoms with Crippen LogP contribution < -0.4 is 10.5 Å². The summed E-state index contributed by atoms with van der Waals surface area (Å²) >= 11 is 1.25. The first-order valence-electron chi connectivity index (χ1n) is 6.10. The van der Waals surface area contributed by atoms with E-state index in [0.29, 0.717) is 10.8 Å². The van der Waals surface area contributed by atoms with E-state index in [1.165, 1.54) is 11.3 Å². The number of hydrogen-bond acceptors (Lipinski definition) is 5. The van der Waals surface area contributed by atoms with E-state index < -0.39 is 10.0 Å². The Labute approximate surface area is 112 Å². The molecule has 1 saturated heterocycles. The van der Waals surface area contributed by atoms with Gasteiger partial charge in [-0.2, -0.15) is 0 Å². The van der Waals surface area contributed by atoms with Gasteiger partial charge in [-0.15, -0.1) is 11.3 Å². The average Bonchev–Trinajstić information content (AvgIpc) is 2.86. The Morgan fingerprint density at radius 1 is 1.44 bits per heavy atom. The topological polar surface area (TPSA) is 75.4 Å². The van der Waals surface area contributed by atoms with Gasteiger partial charge in [0.2, 0.25) is 10.0 Å². The first-order valence-corrected chi connectivity index (χ1v) is 8.46. The molecule has 1 aliphatic rings. The normalized spacial score (nSPS) is 19.2. The molecule has 1 aromatic heterocycles. The Morgan fingerprint density at radius 3 is 2.72 bits per heavy atom. The molecule has 5 nitrogen and oxygen atoms in total. The molecule has 1 aromatic rings. The molecule has 102 valence electrons. The lowest BCUT2D eigenvalue weighted by molar-refractivity contribution is 0.212. The zero-order valence-corrected chi connectivity index (χ0v) is 11.8. The summed E-state index contributed by atoms with van der Waals surface area (Å²) in [4.78, 5) is 2.27. The van der Waals surface area contributed by atoms with Crippen LogP contribution in [0.4, 0.5) is 0 Å². The lowest BCUT2D eigenvalue weighted by Crippen LogP contribution is -2.45. The van der Waals surface area contributed by atoms with Crippen molar-refractivity contribution in [2.24, 2.45) is 5.73 Å². The number of nitrogens with two attached hydrogens (primary N) is 1. The Morgan fingerprint density at radius 2 is 2.17 bits per heavy atom. The van der Waals surface area contributed by atoms with Gasteiger partial charge in [-0.25, -0.2) is 13.1 Å². The van der Waals surface area contributed by atoms with E-state index in [2.05, 4.69) is 9.62 Å². The summed E-state index contributed by atoms with van der Waals surface area (Å²) in [7, 11) is -3.32. The first kappa shape index (κ1) is 14.0. The van der Waals surface area contributed by atoms with Crippen molar-refractivity contribution in [2.75, 3.05) is 26.2 Å². The lowest BCUT2D eigenvalue weighted by Gasteiger charge is -2.31. The predicted octanol–water partition coefficient (Wildman–Crippen LogP) is 0.450. The van der Waals surface area contributed by atoms with Gasteiger partial charge in [-0.05, 0) is 37.4 Å². The van der Waals surface area contributed by atoms with Gasteiger partial charge in [0.25, 0.3) is 0 Å². The van der Waals surface area contributed by atoms with Crippen molar-refractivity contribution in [3.8, 4) is 0 Å². The second-order valence-electron chi connectivity index (χ2n) is 4.46. The summed E-state index contributed by atoms with van der Waals surface area (Å²) in [5, 5.41) is 1.78. The van der Waals surface area contributed by atoms with E-state index in [1.807, 2.05) is 0 Å². The van der Waals surface area contributed by atoms with Crippen LogP contribution in [-0.2, 0) is 10.0 Å². The molecule has 0 aliphatic carbocycles. The molecular formula is C11H19N3O2S2. The monoisotopic (exact) mass is 289 g/mol. The number of hydrogen-bond donors (Lipinski definition) is 2. The molecular weight excluding hydrogens is 270 g/mol. The number of rotatable bonds is 5. The molecule has 0 unspecified atom stereocenters. The molecule has 0 amide bonds. The van der Waals surface area contributed by atoms with Crippen molar-refractivity contribution >= 4 is 21.4 Å². The number of nitrogens with zero attached hydrogens (tertiary/aromatic N) is 1. The summed E-state index contributed by atoms with van der Waals surface area (Å²) in [6.45, 7) is 3.37. The van der Waals surface area contributed by atoms with Crippen LogP contribution in [0.5, 0.6) is 0 Å². The maximum atomic E-state index is 12.0. The molecule has 1 aliphatic heterocycles. The largest absolute Gasteiger partial charge is 0.329 e. The first-order chi connectivity index (χ1) is 8.62. The number of nitrogens with one attached hydrogen (secondary N) is 1. The van der Waals surface area contributed by atoms with E-state index in [4.69, 9.17) is 5.73 Å². The molecule has 0 atom stereocenters. The Balaban J connectivity index is 1.88. The zero-order valence-electron chi connectivity index (χ0n) is 10.2. The molecule has 7 heteroatoms. The fourth-order valence-corrected chi connectivity index (χ4v) is 4.47. The van der Waals surface area contributed by atoms with Crippen LogP contribution in [0.15, 0.2) is 21.7 Å². The third-order valence-corrected chi connectivity index (χ3v) is 6.03. The molecule has 3 N–H and O–H groups in total. The SMILES string of the molecule is NCCN1CCC(NS(=O)(=O)c2cccs2)CC1. The van der Waals surface area contributed by atoms with E-state index >= 15 is 0 Å². The number of piperidine rings is 1. The van der Waals surface area contributed by atoms with Gasteiger partial charge in [0.05, 0.1) is 0 Å². The van der Waals surface area contributed by atoms with Crippen molar-refractivity contribution in [3.63, 3.8) is 0 Å². The van der Waals surface area contributed by atoms with Crippen LogP contribution in [0.2, 0.25) is 0 Å². The minimum atomic E-state index is -3.32. The molecule has 0 aromatic carbocycles. The molecule has 0 spiro atoms. The lowest BCUT2D eigenvalue weighted by atomic mass is 10.1. The second-order valence-corrected chi connectivity index (χ2v) is 7.35. The van der Waals surface area contributed by atoms with E-state index in [1.54, 1.807) is 17.5 Å². The highest BCUT2D eigenvalue weighted by atomic mass is 32.2. The fourth-order valence-electron chi connectivity index (χ4n) is 2.15. The molecule has 2 heterocycles. The summed E-state index contributed by atoms with van der Waals surface area (Å²) in [5.41, 5.74) is 5.51. The zero-order chi connectivity index (χ0) is 13.0. The predicted molar refractivity (Wildman–Crippen MR) is 73.2 cm³/mol. The summed E-state index contributed by atoms with van der Waals surface area (Å²) in [6.07, 6.45) is 1.70.